The molecule has 0 unspecified atom stereocenters. The second-order valence-electron chi connectivity index (χ2n) is 3.95. The molecular formula is C12H10BrN3O. The van der Waals surface area contributed by atoms with Crippen molar-refractivity contribution < 1.29 is 4.79 Å². The van der Waals surface area contributed by atoms with E-state index in [1.165, 1.54) is 0 Å². The number of aromatic nitrogens is 2. The van der Waals surface area contributed by atoms with Crippen LogP contribution in [0.25, 0.3) is 0 Å². The van der Waals surface area contributed by atoms with Crippen molar-refractivity contribution in [1.29, 1.82) is 0 Å². The molecule has 86 valence electrons. The average Bonchev–Trinajstić information content (AvgIpc) is 2.80. The predicted molar refractivity (Wildman–Crippen MR) is 68.1 cm³/mol. The zero-order valence-electron chi connectivity index (χ0n) is 8.98. The lowest BCUT2D eigenvalue weighted by Crippen LogP contribution is -2.37. The second-order valence-corrected chi connectivity index (χ2v) is 4.87. The Bertz CT molecular complexity index is 561. The number of hydrogen-bond donors (Lipinski definition) is 1. The molecule has 0 fully saturated rings. The third-order valence-corrected chi connectivity index (χ3v) is 3.45. The van der Waals surface area contributed by atoms with E-state index in [1.54, 1.807) is 11.1 Å². The Balaban J connectivity index is 1.96. The molecule has 0 saturated carbocycles. The molecule has 3 rings (SSSR count). The number of benzene rings is 1. The highest BCUT2D eigenvalue weighted by Gasteiger charge is 2.26. The number of carbonyl (C=O) groups excluding carboxylic acids is 1. The topological polar surface area (TPSA) is 49.0 Å². The quantitative estimate of drug-likeness (QED) is 0.877. The fourth-order valence-corrected chi connectivity index (χ4v) is 2.29. The van der Waals surface area contributed by atoms with Crippen LogP contribution in [0.4, 0.5) is 5.69 Å². The minimum atomic E-state index is -0.00827. The van der Waals surface area contributed by atoms with E-state index in [9.17, 15) is 4.79 Å². The monoisotopic (exact) mass is 291 g/mol. The van der Waals surface area contributed by atoms with Gasteiger partial charge < -0.3 is 4.90 Å². The summed E-state index contributed by atoms with van der Waals surface area (Å²) in [4.78, 5) is 14.0. The van der Waals surface area contributed by atoms with E-state index in [2.05, 4.69) is 26.1 Å². The van der Waals surface area contributed by atoms with Gasteiger partial charge in [-0.1, -0.05) is 15.9 Å². The Morgan fingerprint density at radius 3 is 2.82 bits per heavy atom. The highest BCUT2D eigenvalue weighted by atomic mass is 79.9. The number of anilines is 1. The summed E-state index contributed by atoms with van der Waals surface area (Å²) in [5, 5.41) is 6.68. The first-order valence-corrected chi connectivity index (χ1v) is 6.14. The number of aromatic amines is 1. The smallest absolute Gasteiger partial charge is 0.276 e. The summed E-state index contributed by atoms with van der Waals surface area (Å²) in [7, 11) is 0. The fraction of sp³-hybridized carbons (Fsp3) is 0.167. The van der Waals surface area contributed by atoms with Crippen LogP contribution in [0.15, 0.2) is 34.9 Å². The highest BCUT2D eigenvalue weighted by molar-refractivity contribution is 9.10. The third-order valence-electron chi connectivity index (χ3n) is 2.92. The van der Waals surface area contributed by atoms with Crippen molar-refractivity contribution in [2.24, 2.45) is 0 Å². The first-order valence-electron chi connectivity index (χ1n) is 5.35. The van der Waals surface area contributed by atoms with Crippen molar-refractivity contribution in [3.8, 4) is 0 Å². The van der Waals surface area contributed by atoms with Gasteiger partial charge in [-0.3, -0.25) is 9.89 Å². The largest absolute Gasteiger partial charge is 0.307 e. The van der Waals surface area contributed by atoms with Crippen LogP contribution in [0, 0.1) is 0 Å². The average molecular weight is 292 g/mol. The number of halogens is 1. The molecule has 1 amide bonds. The van der Waals surface area contributed by atoms with Gasteiger partial charge >= 0.3 is 0 Å². The Morgan fingerprint density at radius 2 is 2.06 bits per heavy atom. The lowest BCUT2D eigenvalue weighted by Gasteiger charge is -2.26. The zero-order chi connectivity index (χ0) is 11.8. The highest BCUT2D eigenvalue weighted by Crippen LogP contribution is 2.24. The van der Waals surface area contributed by atoms with Crippen molar-refractivity contribution in [1.82, 2.24) is 10.2 Å². The van der Waals surface area contributed by atoms with Gasteiger partial charge in [-0.05, 0) is 30.7 Å². The van der Waals surface area contributed by atoms with Crippen LogP contribution in [-0.2, 0) is 6.42 Å². The minimum Gasteiger partial charge on any atom is -0.307 e. The molecule has 0 bridgehead atoms. The Hall–Kier alpha value is -1.62. The summed E-state index contributed by atoms with van der Waals surface area (Å²) in [5.41, 5.74) is 2.53. The Labute approximate surface area is 107 Å². The molecule has 0 saturated heterocycles. The van der Waals surface area contributed by atoms with Crippen LogP contribution in [0.1, 0.15) is 16.1 Å². The number of nitrogens with one attached hydrogen (secondary N) is 1. The summed E-state index contributed by atoms with van der Waals surface area (Å²) in [6.45, 7) is 0.701. The van der Waals surface area contributed by atoms with Crippen LogP contribution >= 0.6 is 15.9 Å². The van der Waals surface area contributed by atoms with E-state index < -0.39 is 0 Å². The summed E-state index contributed by atoms with van der Waals surface area (Å²) in [5.74, 6) is -0.00827. The van der Waals surface area contributed by atoms with Gasteiger partial charge in [-0.2, -0.15) is 5.10 Å². The molecule has 0 radical (unpaired) electrons. The number of nitrogens with zero attached hydrogens (tertiary/aromatic N) is 2. The first kappa shape index (κ1) is 10.5. The number of carbonyl (C=O) groups is 1. The van der Waals surface area contributed by atoms with Crippen LogP contribution in [0.2, 0.25) is 0 Å². The van der Waals surface area contributed by atoms with Crippen molar-refractivity contribution in [2.45, 2.75) is 6.42 Å². The van der Waals surface area contributed by atoms with Gasteiger partial charge in [0.05, 0.1) is 6.20 Å². The second kappa shape index (κ2) is 4.00. The molecular weight excluding hydrogens is 282 g/mol. The number of amides is 1. The molecule has 1 aliphatic heterocycles. The number of rotatable bonds is 1. The van der Waals surface area contributed by atoms with Crippen LogP contribution in [-0.4, -0.2) is 22.6 Å². The standard InChI is InChI=1S/C12H10BrN3O/c13-9-1-3-10(4-2-9)16-6-5-8-7-14-15-11(8)12(16)17/h1-4,7H,5-6H2,(H,14,15). The van der Waals surface area contributed by atoms with E-state index in [0.29, 0.717) is 12.2 Å². The Morgan fingerprint density at radius 1 is 1.29 bits per heavy atom. The van der Waals surface area contributed by atoms with Crippen LogP contribution in [0.5, 0.6) is 0 Å². The molecule has 1 aromatic heterocycles. The van der Waals surface area contributed by atoms with Gasteiger partial charge in [0.25, 0.3) is 5.91 Å². The molecule has 2 heterocycles. The van der Waals surface area contributed by atoms with Gasteiger partial charge in [-0.15, -0.1) is 0 Å². The lowest BCUT2D eigenvalue weighted by atomic mass is 10.1. The normalized spacial score (nSPS) is 14.9. The maximum absolute atomic E-state index is 12.2. The summed E-state index contributed by atoms with van der Waals surface area (Å²) < 4.78 is 1.01. The molecule has 1 aromatic carbocycles. The van der Waals surface area contributed by atoms with E-state index >= 15 is 0 Å². The first-order chi connectivity index (χ1) is 8.25. The number of hydrogen-bond acceptors (Lipinski definition) is 2. The molecule has 0 aliphatic carbocycles. The molecule has 1 N–H and O–H groups in total. The maximum Gasteiger partial charge on any atom is 0.276 e. The molecule has 4 nitrogen and oxygen atoms in total. The molecule has 0 spiro atoms. The van der Waals surface area contributed by atoms with Gasteiger partial charge in [0.1, 0.15) is 5.69 Å². The van der Waals surface area contributed by atoms with Crippen molar-refractivity contribution >= 4 is 27.5 Å². The van der Waals surface area contributed by atoms with Gasteiger partial charge in [-0.25, -0.2) is 0 Å². The third kappa shape index (κ3) is 1.76. The van der Waals surface area contributed by atoms with E-state index in [1.807, 2.05) is 24.3 Å². The van der Waals surface area contributed by atoms with Crippen molar-refractivity contribution in [3.63, 3.8) is 0 Å². The summed E-state index contributed by atoms with van der Waals surface area (Å²) in [6.07, 6.45) is 2.57. The van der Waals surface area contributed by atoms with Crippen molar-refractivity contribution in [2.75, 3.05) is 11.4 Å². The van der Waals surface area contributed by atoms with E-state index in [4.69, 9.17) is 0 Å². The van der Waals surface area contributed by atoms with Crippen molar-refractivity contribution in [3.05, 3.63) is 46.2 Å². The van der Waals surface area contributed by atoms with E-state index in [-0.39, 0.29) is 5.91 Å². The molecule has 5 heteroatoms. The van der Waals surface area contributed by atoms with E-state index in [0.717, 1.165) is 22.1 Å². The fourth-order valence-electron chi connectivity index (χ4n) is 2.02. The summed E-state index contributed by atoms with van der Waals surface area (Å²) in [6, 6.07) is 7.74. The number of H-pyrrole nitrogens is 1. The Kier molecular flexibility index (Phi) is 2.48. The maximum atomic E-state index is 12.2. The van der Waals surface area contributed by atoms with Gasteiger partial charge in [0.2, 0.25) is 0 Å². The molecule has 2 aromatic rings. The van der Waals surface area contributed by atoms with Crippen LogP contribution in [0.3, 0.4) is 0 Å². The van der Waals surface area contributed by atoms with Crippen LogP contribution < -0.4 is 4.90 Å². The summed E-state index contributed by atoms with van der Waals surface area (Å²) >= 11 is 3.38. The molecule has 0 atom stereocenters. The zero-order valence-corrected chi connectivity index (χ0v) is 10.6. The molecule has 17 heavy (non-hydrogen) atoms. The van der Waals surface area contributed by atoms with Gasteiger partial charge in [0, 0.05) is 22.3 Å². The van der Waals surface area contributed by atoms with Gasteiger partial charge in [0.15, 0.2) is 0 Å². The minimum absolute atomic E-state index is 0.00827. The SMILES string of the molecule is O=C1c2[nH]ncc2CCN1c1ccc(Br)cc1. The number of fused-ring (bicyclic) bond motifs is 1. The predicted octanol–water partition coefficient (Wildman–Crippen LogP) is 2.38. The molecule has 1 aliphatic rings. The lowest BCUT2D eigenvalue weighted by molar-refractivity contribution is 0.0976.